The van der Waals surface area contributed by atoms with E-state index in [0.29, 0.717) is 0 Å². The third kappa shape index (κ3) is 3.68. The molecule has 1 aromatic heterocycles. The van der Waals surface area contributed by atoms with Crippen LogP contribution >= 0.6 is 23.1 Å². The average Bonchev–Trinajstić information content (AvgIpc) is 2.87. The Hall–Kier alpha value is -1.11. The molecule has 0 fully saturated rings. The van der Waals surface area contributed by atoms with E-state index in [-0.39, 0.29) is 6.10 Å². The molecule has 19 heavy (non-hydrogen) atoms. The Bertz CT molecular complexity index is 525. The Labute approximate surface area is 121 Å². The quantitative estimate of drug-likeness (QED) is 0.918. The first kappa shape index (κ1) is 14.3. The first-order chi connectivity index (χ1) is 9.10. The van der Waals surface area contributed by atoms with E-state index in [0.717, 1.165) is 26.4 Å². The summed E-state index contributed by atoms with van der Waals surface area (Å²) in [5.41, 5.74) is 0.957. The molecule has 1 N–H and O–H groups in total. The first-order valence-electron chi connectivity index (χ1n) is 6.07. The van der Waals surface area contributed by atoms with Crippen molar-refractivity contribution in [1.82, 2.24) is 10.2 Å². The summed E-state index contributed by atoms with van der Waals surface area (Å²) in [6.07, 6.45) is 0.357. The van der Waals surface area contributed by atoms with Crippen LogP contribution in [0.25, 0.3) is 0 Å². The molecule has 1 heterocycles. The Morgan fingerprint density at radius 1 is 1.26 bits per heavy atom. The van der Waals surface area contributed by atoms with Crippen LogP contribution in [0.1, 0.15) is 25.0 Å². The van der Waals surface area contributed by atoms with Crippen molar-refractivity contribution >= 4 is 28.2 Å². The molecular weight excluding hydrogens is 278 g/mol. The molecule has 4 nitrogen and oxygen atoms in total. The Kier molecular flexibility index (Phi) is 4.79. The third-order valence-electron chi connectivity index (χ3n) is 2.64. The Balaban J connectivity index is 2.06. The molecule has 0 amide bonds. The topological polar surface area (TPSA) is 49.3 Å². The molecular formula is C13H17N3OS2. The van der Waals surface area contributed by atoms with Gasteiger partial charge in [-0.15, -0.1) is 10.2 Å². The highest BCUT2D eigenvalue weighted by Gasteiger charge is 2.08. The van der Waals surface area contributed by atoms with Crippen LogP contribution in [0.15, 0.2) is 33.5 Å². The van der Waals surface area contributed by atoms with Gasteiger partial charge in [0.15, 0.2) is 4.34 Å². The maximum absolute atomic E-state index is 9.74. The standard InChI is InChI=1S/C13H17N3OS2/c1-4-11(17)9-5-7-10(8-6-9)18-13-15-14-12(19-13)16(2)3/h5-8,11,17H,4H2,1-3H3. The lowest BCUT2D eigenvalue weighted by molar-refractivity contribution is 0.173. The van der Waals surface area contributed by atoms with Crippen LogP contribution in [0.5, 0.6) is 0 Å². The van der Waals surface area contributed by atoms with Crippen LogP contribution in [0.2, 0.25) is 0 Å². The van der Waals surface area contributed by atoms with Gasteiger partial charge in [0.1, 0.15) is 0 Å². The van der Waals surface area contributed by atoms with Crippen molar-refractivity contribution in [2.24, 2.45) is 0 Å². The predicted molar refractivity (Wildman–Crippen MR) is 80.1 cm³/mol. The molecule has 0 saturated heterocycles. The second-order valence-electron chi connectivity index (χ2n) is 4.34. The van der Waals surface area contributed by atoms with E-state index < -0.39 is 0 Å². The highest BCUT2D eigenvalue weighted by atomic mass is 32.2. The van der Waals surface area contributed by atoms with Crippen LogP contribution in [-0.4, -0.2) is 29.4 Å². The van der Waals surface area contributed by atoms with E-state index in [1.54, 1.807) is 23.1 Å². The summed E-state index contributed by atoms with van der Waals surface area (Å²) in [7, 11) is 3.91. The van der Waals surface area contributed by atoms with Crippen molar-refractivity contribution in [2.75, 3.05) is 19.0 Å². The number of aliphatic hydroxyl groups is 1. The number of benzene rings is 1. The second kappa shape index (κ2) is 6.36. The summed E-state index contributed by atoms with van der Waals surface area (Å²) in [6, 6.07) is 7.94. The number of hydrogen-bond acceptors (Lipinski definition) is 6. The fraction of sp³-hybridized carbons (Fsp3) is 0.385. The lowest BCUT2D eigenvalue weighted by Gasteiger charge is -2.08. The van der Waals surface area contributed by atoms with Gasteiger partial charge >= 0.3 is 0 Å². The number of hydrogen-bond donors (Lipinski definition) is 1. The SMILES string of the molecule is CCC(O)c1ccc(Sc2nnc(N(C)C)s2)cc1. The van der Waals surface area contributed by atoms with E-state index in [4.69, 9.17) is 0 Å². The van der Waals surface area contributed by atoms with Gasteiger partial charge in [0, 0.05) is 19.0 Å². The van der Waals surface area contributed by atoms with Crippen molar-refractivity contribution in [3.63, 3.8) is 0 Å². The molecule has 0 spiro atoms. The molecule has 102 valence electrons. The number of anilines is 1. The predicted octanol–water partition coefficient (Wildman–Crippen LogP) is 3.20. The van der Waals surface area contributed by atoms with Gasteiger partial charge in [0.05, 0.1) is 6.10 Å². The maximum atomic E-state index is 9.74. The van der Waals surface area contributed by atoms with Gasteiger partial charge in [-0.3, -0.25) is 0 Å². The highest BCUT2D eigenvalue weighted by Crippen LogP contribution is 2.33. The van der Waals surface area contributed by atoms with Crippen molar-refractivity contribution in [3.05, 3.63) is 29.8 Å². The van der Waals surface area contributed by atoms with Crippen LogP contribution in [0, 0.1) is 0 Å². The third-order valence-corrected chi connectivity index (χ3v) is 4.78. The normalized spacial score (nSPS) is 12.4. The van der Waals surface area contributed by atoms with E-state index in [9.17, 15) is 5.11 Å². The second-order valence-corrected chi connectivity index (χ2v) is 6.62. The van der Waals surface area contributed by atoms with Crippen LogP contribution in [-0.2, 0) is 0 Å². The molecule has 1 aromatic carbocycles. The minimum Gasteiger partial charge on any atom is -0.388 e. The lowest BCUT2D eigenvalue weighted by atomic mass is 10.1. The van der Waals surface area contributed by atoms with Crippen molar-refractivity contribution in [1.29, 1.82) is 0 Å². The molecule has 6 heteroatoms. The number of aliphatic hydroxyl groups excluding tert-OH is 1. The summed E-state index contributed by atoms with van der Waals surface area (Å²) < 4.78 is 0.924. The fourth-order valence-corrected chi connectivity index (χ4v) is 3.26. The molecule has 1 atom stereocenters. The zero-order chi connectivity index (χ0) is 13.8. The van der Waals surface area contributed by atoms with Crippen molar-refractivity contribution in [3.8, 4) is 0 Å². The van der Waals surface area contributed by atoms with Gasteiger partial charge in [0.2, 0.25) is 5.13 Å². The van der Waals surface area contributed by atoms with Crippen LogP contribution in [0.3, 0.4) is 0 Å². The zero-order valence-electron chi connectivity index (χ0n) is 11.2. The molecule has 0 saturated carbocycles. The van der Waals surface area contributed by atoms with Crippen molar-refractivity contribution < 1.29 is 5.11 Å². The van der Waals surface area contributed by atoms with Gasteiger partial charge in [-0.2, -0.15) is 0 Å². The van der Waals surface area contributed by atoms with E-state index in [1.807, 2.05) is 50.2 Å². The van der Waals surface area contributed by atoms with Gasteiger partial charge in [-0.05, 0) is 24.1 Å². The average molecular weight is 295 g/mol. The molecule has 0 aliphatic heterocycles. The summed E-state index contributed by atoms with van der Waals surface area (Å²) in [5.74, 6) is 0. The summed E-state index contributed by atoms with van der Waals surface area (Å²) in [6.45, 7) is 1.97. The fourth-order valence-electron chi connectivity index (χ4n) is 1.52. The number of nitrogens with zero attached hydrogens (tertiary/aromatic N) is 3. The van der Waals surface area contributed by atoms with Crippen LogP contribution < -0.4 is 4.90 Å². The largest absolute Gasteiger partial charge is 0.388 e. The first-order valence-corrected chi connectivity index (χ1v) is 7.70. The smallest absolute Gasteiger partial charge is 0.208 e. The highest BCUT2D eigenvalue weighted by molar-refractivity contribution is 8.01. The van der Waals surface area contributed by atoms with Gasteiger partial charge in [-0.25, -0.2) is 0 Å². The van der Waals surface area contributed by atoms with Gasteiger partial charge in [-0.1, -0.05) is 42.2 Å². The number of rotatable bonds is 5. The van der Waals surface area contributed by atoms with Gasteiger partial charge in [0.25, 0.3) is 0 Å². The lowest BCUT2D eigenvalue weighted by Crippen LogP contribution is -2.07. The van der Waals surface area contributed by atoms with Crippen LogP contribution in [0.4, 0.5) is 5.13 Å². The molecule has 2 aromatic rings. The molecule has 2 rings (SSSR count). The van der Waals surface area contributed by atoms with E-state index in [2.05, 4.69) is 10.2 Å². The monoisotopic (exact) mass is 295 g/mol. The number of aromatic nitrogens is 2. The van der Waals surface area contributed by atoms with Gasteiger partial charge < -0.3 is 10.0 Å². The summed E-state index contributed by atoms with van der Waals surface area (Å²) >= 11 is 3.16. The summed E-state index contributed by atoms with van der Waals surface area (Å²) in [5, 5.41) is 18.9. The minimum atomic E-state index is -0.374. The van der Waals surface area contributed by atoms with E-state index in [1.165, 1.54) is 0 Å². The Morgan fingerprint density at radius 3 is 2.47 bits per heavy atom. The van der Waals surface area contributed by atoms with Crippen molar-refractivity contribution in [2.45, 2.75) is 28.7 Å². The molecule has 1 unspecified atom stereocenters. The molecule has 0 bridgehead atoms. The molecule has 0 radical (unpaired) electrons. The molecule has 0 aliphatic rings. The maximum Gasteiger partial charge on any atom is 0.208 e. The Morgan fingerprint density at radius 2 is 1.95 bits per heavy atom. The zero-order valence-corrected chi connectivity index (χ0v) is 12.8. The van der Waals surface area contributed by atoms with E-state index >= 15 is 0 Å². The minimum absolute atomic E-state index is 0.374. The molecule has 0 aliphatic carbocycles. The summed E-state index contributed by atoms with van der Waals surface area (Å²) in [4.78, 5) is 3.05.